The van der Waals surface area contributed by atoms with Gasteiger partial charge >= 0.3 is 0 Å². The summed E-state index contributed by atoms with van der Waals surface area (Å²) in [6, 6.07) is 15.0. The number of nitrogens with zero attached hydrogens (tertiary/aromatic N) is 2. The van der Waals surface area contributed by atoms with Gasteiger partial charge in [0.25, 0.3) is 11.6 Å². The van der Waals surface area contributed by atoms with Gasteiger partial charge in [-0.15, -0.1) is 0 Å². The number of carbonyl (C=O) groups excluding carboxylic acids is 1. The number of ether oxygens (including phenoxy) is 1. The average Bonchev–Trinajstić information content (AvgIpc) is 3.07. The highest BCUT2D eigenvalue weighted by Gasteiger charge is 2.32. The Hall–Kier alpha value is -2.98. The molecule has 1 heterocycles. The molecule has 3 aromatic carbocycles. The molecule has 1 aliphatic heterocycles. The summed E-state index contributed by atoms with van der Waals surface area (Å²) < 4.78 is 19.3. The van der Waals surface area contributed by atoms with Crippen LogP contribution in [-0.2, 0) is 17.9 Å². The van der Waals surface area contributed by atoms with Gasteiger partial charge in [-0.1, -0.05) is 59.3 Å². The highest BCUT2D eigenvalue weighted by molar-refractivity contribution is 8.26. The van der Waals surface area contributed by atoms with Crippen molar-refractivity contribution in [3.05, 3.63) is 108 Å². The first-order valence-corrected chi connectivity index (χ1v) is 12.0. The first-order chi connectivity index (χ1) is 16.7. The molecule has 0 N–H and O–H groups in total. The number of halogens is 3. The lowest BCUT2D eigenvalue weighted by atomic mass is 10.2. The van der Waals surface area contributed by atoms with Gasteiger partial charge in [0.1, 0.15) is 16.7 Å². The van der Waals surface area contributed by atoms with Gasteiger partial charge in [0, 0.05) is 12.1 Å². The van der Waals surface area contributed by atoms with Gasteiger partial charge in [-0.3, -0.25) is 19.8 Å². The van der Waals surface area contributed by atoms with Crippen molar-refractivity contribution in [3.8, 4) is 5.75 Å². The fourth-order valence-corrected chi connectivity index (χ4v) is 5.10. The van der Waals surface area contributed by atoms with Crippen molar-refractivity contribution < 1.29 is 18.8 Å². The normalized spacial score (nSPS) is 14.6. The van der Waals surface area contributed by atoms with Crippen LogP contribution in [0.5, 0.6) is 5.75 Å². The summed E-state index contributed by atoms with van der Waals surface area (Å²) in [7, 11) is 0. The number of hydrogen-bond donors (Lipinski definition) is 0. The zero-order chi connectivity index (χ0) is 25.1. The van der Waals surface area contributed by atoms with Gasteiger partial charge in [0.2, 0.25) is 0 Å². The molecule has 0 bridgehead atoms. The molecular weight excluding hydrogens is 534 g/mol. The molecule has 3 aromatic rings. The predicted molar refractivity (Wildman–Crippen MR) is 139 cm³/mol. The zero-order valence-electron chi connectivity index (χ0n) is 17.7. The molecule has 4 rings (SSSR count). The largest absolute Gasteiger partial charge is 0.486 e. The van der Waals surface area contributed by atoms with E-state index in [-0.39, 0.29) is 46.4 Å². The number of thioether (sulfide) groups is 1. The van der Waals surface area contributed by atoms with Crippen molar-refractivity contribution in [3.63, 3.8) is 0 Å². The van der Waals surface area contributed by atoms with Crippen LogP contribution in [0.15, 0.2) is 65.6 Å². The van der Waals surface area contributed by atoms with E-state index in [1.807, 2.05) is 0 Å². The van der Waals surface area contributed by atoms with E-state index in [1.165, 1.54) is 29.2 Å². The highest BCUT2D eigenvalue weighted by Crippen LogP contribution is 2.38. The van der Waals surface area contributed by atoms with E-state index in [0.29, 0.717) is 20.4 Å². The average molecular weight is 549 g/mol. The molecule has 0 unspecified atom stereocenters. The fourth-order valence-electron chi connectivity index (χ4n) is 3.23. The van der Waals surface area contributed by atoms with E-state index in [9.17, 15) is 19.3 Å². The predicted octanol–water partition coefficient (Wildman–Crippen LogP) is 7.02. The summed E-state index contributed by atoms with van der Waals surface area (Å²) in [6.07, 6.45) is 1.64. The Morgan fingerprint density at radius 2 is 1.66 bits per heavy atom. The summed E-state index contributed by atoms with van der Waals surface area (Å²) in [5.41, 5.74) is 2.03. The van der Waals surface area contributed by atoms with Crippen LogP contribution in [0.1, 0.15) is 16.7 Å². The van der Waals surface area contributed by atoms with Crippen LogP contribution in [-0.4, -0.2) is 20.1 Å². The topological polar surface area (TPSA) is 72.7 Å². The number of benzene rings is 3. The van der Waals surface area contributed by atoms with E-state index in [4.69, 9.17) is 40.2 Å². The monoisotopic (exact) mass is 548 g/mol. The molecule has 0 saturated carbocycles. The SMILES string of the molecule is O=C1C(=Cc2cc(Cl)c(OCc3ccc([N+](=O)[O-])cc3)c(Cl)c2)SC(=S)N1Cc1ccc(F)cc1. The van der Waals surface area contributed by atoms with Crippen molar-refractivity contribution in [2.75, 3.05) is 0 Å². The summed E-state index contributed by atoms with van der Waals surface area (Å²) >= 11 is 19.3. The van der Waals surface area contributed by atoms with Gasteiger partial charge in [0.15, 0.2) is 5.75 Å². The van der Waals surface area contributed by atoms with Crippen LogP contribution < -0.4 is 4.74 Å². The lowest BCUT2D eigenvalue weighted by molar-refractivity contribution is -0.384. The summed E-state index contributed by atoms with van der Waals surface area (Å²) in [4.78, 5) is 25.0. The number of nitro benzene ring substituents is 1. The molecule has 1 saturated heterocycles. The Morgan fingerprint density at radius 3 is 2.26 bits per heavy atom. The van der Waals surface area contributed by atoms with Crippen molar-refractivity contribution in [1.29, 1.82) is 0 Å². The van der Waals surface area contributed by atoms with Crippen LogP contribution in [0.25, 0.3) is 6.08 Å². The van der Waals surface area contributed by atoms with Gasteiger partial charge in [-0.2, -0.15) is 0 Å². The number of rotatable bonds is 7. The smallest absolute Gasteiger partial charge is 0.269 e. The van der Waals surface area contributed by atoms with Crippen molar-refractivity contribution in [2.45, 2.75) is 13.2 Å². The second-order valence-corrected chi connectivity index (χ2v) is 9.91. The van der Waals surface area contributed by atoms with E-state index in [0.717, 1.165) is 17.3 Å². The number of amides is 1. The Balaban J connectivity index is 1.47. The van der Waals surface area contributed by atoms with Gasteiger partial charge in [-0.25, -0.2) is 4.39 Å². The van der Waals surface area contributed by atoms with Crippen LogP contribution >= 0.6 is 47.2 Å². The number of nitro groups is 1. The standard InChI is InChI=1S/C24H15Cl2FN2O4S2/c25-19-9-16(10-20(26)22(19)33-13-15-3-7-18(8-4-15)29(31)32)11-21-23(30)28(24(34)35-21)12-14-1-5-17(27)6-2-14/h1-11H,12-13H2. The molecule has 178 valence electrons. The maximum Gasteiger partial charge on any atom is 0.269 e. The third-order valence-corrected chi connectivity index (χ3v) is 6.92. The molecule has 0 atom stereocenters. The maximum absolute atomic E-state index is 13.2. The summed E-state index contributed by atoms with van der Waals surface area (Å²) in [6.45, 7) is 0.345. The minimum Gasteiger partial charge on any atom is -0.486 e. The van der Waals surface area contributed by atoms with Crippen molar-refractivity contribution in [2.24, 2.45) is 0 Å². The lowest BCUT2D eigenvalue weighted by Gasteiger charge is -2.14. The van der Waals surface area contributed by atoms with Crippen molar-refractivity contribution in [1.82, 2.24) is 4.90 Å². The first kappa shape index (κ1) is 25.1. The zero-order valence-corrected chi connectivity index (χ0v) is 20.9. The minimum absolute atomic E-state index is 0.0164. The second-order valence-electron chi connectivity index (χ2n) is 7.42. The molecule has 0 aliphatic carbocycles. The van der Waals surface area contributed by atoms with E-state index in [1.54, 1.807) is 42.5 Å². The maximum atomic E-state index is 13.2. The van der Waals surface area contributed by atoms with E-state index >= 15 is 0 Å². The molecule has 0 aromatic heterocycles. The Kier molecular flexibility index (Phi) is 7.71. The Morgan fingerprint density at radius 1 is 1.06 bits per heavy atom. The summed E-state index contributed by atoms with van der Waals surface area (Å²) in [5, 5.41) is 11.3. The third-order valence-electron chi connectivity index (χ3n) is 4.98. The van der Waals surface area contributed by atoms with Gasteiger partial charge in [0.05, 0.1) is 26.4 Å². The molecule has 1 fully saturated rings. The van der Waals surface area contributed by atoms with E-state index in [2.05, 4.69) is 0 Å². The molecule has 0 radical (unpaired) electrons. The number of non-ortho nitro benzene ring substituents is 1. The minimum atomic E-state index is -0.478. The van der Waals surface area contributed by atoms with Gasteiger partial charge in [-0.05, 0) is 59.2 Å². The third kappa shape index (κ3) is 5.99. The molecule has 35 heavy (non-hydrogen) atoms. The van der Waals surface area contributed by atoms with Crippen LogP contribution in [0.3, 0.4) is 0 Å². The summed E-state index contributed by atoms with van der Waals surface area (Å²) in [5.74, 6) is -0.365. The van der Waals surface area contributed by atoms with Crippen molar-refractivity contribution >= 4 is 69.2 Å². The fraction of sp³-hybridized carbons (Fsp3) is 0.0833. The first-order valence-electron chi connectivity index (χ1n) is 10.1. The van der Waals surface area contributed by atoms with Crippen LogP contribution in [0, 0.1) is 15.9 Å². The molecule has 0 spiro atoms. The van der Waals surface area contributed by atoms with Gasteiger partial charge < -0.3 is 4.74 Å². The molecule has 1 amide bonds. The Bertz CT molecular complexity index is 1330. The van der Waals surface area contributed by atoms with Crippen LogP contribution in [0.2, 0.25) is 10.0 Å². The lowest BCUT2D eigenvalue weighted by Crippen LogP contribution is -2.27. The number of carbonyl (C=O) groups is 1. The number of thiocarbonyl (C=S) groups is 1. The molecule has 6 nitrogen and oxygen atoms in total. The Labute approximate surface area is 219 Å². The number of hydrogen-bond acceptors (Lipinski definition) is 6. The van der Waals surface area contributed by atoms with Crippen LogP contribution in [0.4, 0.5) is 10.1 Å². The second kappa shape index (κ2) is 10.7. The highest BCUT2D eigenvalue weighted by atomic mass is 35.5. The molecule has 11 heteroatoms. The molecular formula is C24H15Cl2FN2O4S2. The quantitative estimate of drug-likeness (QED) is 0.137. The van der Waals surface area contributed by atoms with E-state index < -0.39 is 4.92 Å². The molecule has 1 aliphatic rings.